The van der Waals surface area contributed by atoms with E-state index in [2.05, 4.69) is 4.98 Å². The average Bonchev–Trinajstić information content (AvgIpc) is 2.49. The van der Waals surface area contributed by atoms with Crippen molar-refractivity contribution in [1.82, 2.24) is 4.98 Å². The minimum absolute atomic E-state index is 0.0285. The molecule has 0 spiro atoms. The number of carbonyl (C=O) groups is 1. The molecule has 3 nitrogen and oxygen atoms in total. The Bertz CT molecular complexity index is 333. The number of ether oxygens (including phenoxy) is 1. The van der Waals surface area contributed by atoms with Crippen LogP contribution in [0.4, 0.5) is 0 Å². The van der Waals surface area contributed by atoms with Gasteiger partial charge in [-0.3, -0.25) is 9.78 Å². The molecule has 3 heteroatoms. The lowest BCUT2D eigenvalue weighted by Crippen LogP contribution is -1.94. The summed E-state index contributed by atoms with van der Waals surface area (Å²) in [7, 11) is 0. The third-order valence-corrected chi connectivity index (χ3v) is 1.93. The summed E-state index contributed by atoms with van der Waals surface area (Å²) in [6, 6.07) is 1.76. The fourth-order valence-electron chi connectivity index (χ4n) is 1.24. The number of ketones is 1. The Kier molecular flexibility index (Phi) is 1.57. The van der Waals surface area contributed by atoms with Crippen molar-refractivity contribution in [2.45, 2.75) is 13.3 Å². The second-order valence-electron chi connectivity index (χ2n) is 2.82. The van der Waals surface area contributed by atoms with E-state index in [-0.39, 0.29) is 5.78 Å². The van der Waals surface area contributed by atoms with Crippen molar-refractivity contribution in [3.05, 3.63) is 23.5 Å². The van der Waals surface area contributed by atoms with Gasteiger partial charge in [-0.05, 0) is 13.0 Å². The summed E-state index contributed by atoms with van der Waals surface area (Å²) in [5, 5.41) is 0. The largest absolute Gasteiger partial charge is 0.491 e. The molecule has 0 bridgehead atoms. The van der Waals surface area contributed by atoms with Crippen molar-refractivity contribution in [3.8, 4) is 5.75 Å². The SMILES string of the molecule is CC(=O)c1cnc2c(c1)OCC2. The van der Waals surface area contributed by atoms with Crippen LogP contribution in [0.5, 0.6) is 5.75 Å². The highest BCUT2D eigenvalue weighted by molar-refractivity contribution is 5.94. The zero-order valence-corrected chi connectivity index (χ0v) is 6.83. The number of fused-ring (bicyclic) bond motifs is 1. The van der Waals surface area contributed by atoms with E-state index < -0.39 is 0 Å². The lowest BCUT2D eigenvalue weighted by molar-refractivity contribution is 0.101. The fraction of sp³-hybridized carbons (Fsp3) is 0.333. The van der Waals surface area contributed by atoms with Crippen molar-refractivity contribution in [2.75, 3.05) is 6.61 Å². The molecular formula is C9H9NO2. The molecule has 12 heavy (non-hydrogen) atoms. The van der Waals surface area contributed by atoms with Gasteiger partial charge in [0.15, 0.2) is 5.78 Å². The fourth-order valence-corrected chi connectivity index (χ4v) is 1.24. The second-order valence-corrected chi connectivity index (χ2v) is 2.82. The average molecular weight is 163 g/mol. The number of Topliss-reactive ketones (excluding diaryl/α,β-unsaturated/α-hetero) is 1. The highest BCUT2D eigenvalue weighted by Crippen LogP contribution is 2.23. The molecule has 1 aliphatic rings. The predicted octanol–water partition coefficient (Wildman–Crippen LogP) is 1.22. The third kappa shape index (κ3) is 1.07. The van der Waals surface area contributed by atoms with E-state index in [1.165, 1.54) is 6.92 Å². The molecule has 0 aliphatic carbocycles. The normalized spacial score (nSPS) is 13.8. The lowest BCUT2D eigenvalue weighted by Gasteiger charge is -1.99. The molecule has 0 aromatic carbocycles. The van der Waals surface area contributed by atoms with Crippen LogP contribution in [-0.2, 0) is 6.42 Å². The molecule has 1 aromatic rings. The summed E-state index contributed by atoms with van der Waals surface area (Å²) in [6.45, 7) is 2.21. The summed E-state index contributed by atoms with van der Waals surface area (Å²) in [4.78, 5) is 15.1. The van der Waals surface area contributed by atoms with Crippen LogP contribution >= 0.6 is 0 Å². The van der Waals surface area contributed by atoms with Crippen LogP contribution in [0.1, 0.15) is 23.0 Å². The maximum absolute atomic E-state index is 10.9. The third-order valence-electron chi connectivity index (χ3n) is 1.93. The van der Waals surface area contributed by atoms with Crippen LogP contribution in [0.15, 0.2) is 12.3 Å². The molecule has 2 rings (SSSR count). The van der Waals surface area contributed by atoms with Gasteiger partial charge < -0.3 is 4.74 Å². The lowest BCUT2D eigenvalue weighted by atomic mass is 10.2. The summed E-state index contributed by atoms with van der Waals surface area (Å²) in [6.07, 6.45) is 2.46. The van der Waals surface area contributed by atoms with Gasteiger partial charge in [-0.2, -0.15) is 0 Å². The molecule has 0 unspecified atom stereocenters. The first-order valence-electron chi connectivity index (χ1n) is 3.90. The molecule has 2 heterocycles. The van der Waals surface area contributed by atoms with E-state index >= 15 is 0 Å². The van der Waals surface area contributed by atoms with Gasteiger partial charge in [0.05, 0.1) is 12.3 Å². The standard InChI is InChI=1S/C9H9NO2/c1-6(11)7-4-9-8(10-5-7)2-3-12-9/h4-5H,2-3H2,1H3. The minimum atomic E-state index is 0.0285. The van der Waals surface area contributed by atoms with Crippen LogP contribution in [-0.4, -0.2) is 17.4 Å². The Balaban J connectivity index is 2.45. The number of hydrogen-bond acceptors (Lipinski definition) is 3. The van der Waals surface area contributed by atoms with Gasteiger partial charge in [-0.25, -0.2) is 0 Å². The second kappa shape index (κ2) is 2.59. The number of nitrogens with zero attached hydrogens (tertiary/aromatic N) is 1. The maximum Gasteiger partial charge on any atom is 0.161 e. The van der Waals surface area contributed by atoms with E-state index in [1.807, 2.05) is 0 Å². The van der Waals surface area contributed by atoms with Crippen LogP contribution < -0.4 is 4.74 Å². The molecule has 1 aromatic heterocycles. The van der Waals surface area contributed by atoms with Gasteiger partial charge >= 0.3 is 0 Å². The topological polar surface area (TPSA) is 39.2 Å². The first kappa shape index (κ1) is 7.28. The molecule has 0 fully saturated rings. The van der Waals surface area contributed by atoms with Gasteiger partial charge in [-0.15, -0.1) is 0 Å². The molecular weight excluding hydrogens is 154 g/mol. The maximum atomic E-state index is 10.9. The van der Waals surface area contributed by atoms with Crippen LogP contribution in [0.3, 0.4) is 0 Å². The summed E-state index contributed by atoms with van der Waals surface area (Å²) < 4.78 is 5.27. The van der Waals surface area contributed by atoms with E-state index in [9.17, 15) is 4.79 Å². The Morgan fingerprint density at radius 2 is 2.50 bits per heavy atom. The summed E-state index contributed by atoms with van der Waals surface area (Å²) >= 11 is 0. The minimum Gasteiger partial charge on any atom is -0.491 e. The quantitative estimate of drug-likeness (QED) is 0.584. The zero-order valence-electron chi connectivity index (χ0n) is 6.83. The molecule has 0 radical (unpaired) electrons. The summed E-state index contributed by atoms with van der Waals surface area (Å²) in [5.41, 5.74) is 1.58. The van der Waals surface area contributed by atoms with Gasteiger partial charge in [0.1, 0.15) is 5.75 Å². The molecule has 0 amide bonds. The Labute approximate surface area is 70.4 Å². The zero-order chi connectivity index (χ0) is 8.55. The molecule has 0 atom stereocenters. The molecule has 0 saturated carbocycles. The summed E-state index contributed by atoms with van der Waals surface area (Å²) in [5.74, 6) is 0.795. The van der Waals surface area contributed by atoms with Crippen molar-refractivity contribution < 1.29 is 9.53 Å². The van der Waals surface area contributed by atoms with Gasteiger partial charge in [0.25, 0.3) is 0 Å². The Morgan fingerprint density at radius 3 is 3.25 bits per heavy atom. The van der Waals surface area contributed by atoms with E-state index in [1.54, 1.807) is 12.3 Å². The van der Waals surface area contributed by atoms with Gasteiger partial charge in [0.2, 0.25) is 0 Å². The van der Waals surface area contributed by atoms with E-state index in [0.29, 0.717) is 12.2 Å². The van der Waals surface area contributed by atoms with Crippen LogP contribution in [0, 0.1) is 0 Å². The smallest absolute Gasteiger partial charge is 0.161 e. The molecule has 0 saturated heterocycles. The molecule has 0 N–H and O–H groups in total. The Morgan fingerprint density at radius 1 is 1.67 bits per heavy atom. The van der Waals surface area contributed by atoms with E-state index in [0.717, 1.165) is 17.9 Å². The highest BCUT2D eigenvalue weighted by Gasteiger charge is 2.14. The number of carbonyl (C=O) groups excluding carboxylic acids is 1. The number of pyridine rings is 1. The van der Waals surface area contributed by atoms with Crippen LogP contribution in [0.2, 0.25) is 0 Å². The van der Waals surface area contributed by atoms with Crippen molar-refractivity contribution in [3.63, 3.8) is 0 Å². The number of rotatable bonds is 1. The van der Waals surface area contributed by atoms with Crippen molar-refractivity contribution in [2.24, 2.45) is 0 Å². The predicted molar refractivity (Wildman–Crippen MR) is 43.4 cm³/mol. The van der Waals surface area contributed by atoms with Gasteiger partial charge in [0, 0.05) is 18.2 Å². The molecule has 1 aliphatic heterocycles. The molecule has 62 valence electrons. The van der Waals surface area contributed by atoms with Gasteiger partial charge in [-0.1, -0.05) is 0 Å². The first-order valence-corrected chi connectivity index (χ1v) is 3.90. The van der Waals surface area contributed by atoms with Crippen molar-refractivity contribution in [1.29, 1.82) is 0 Å². The van der Waals surface area contributed by atoms with E-state index in [4.69, 9.17) is 4.74 Å². The Hall–Kier alpha value is -1.38. The number of hydrogen-bond donors (Lipinski definition) is 0. The van der Waals surface area contributed by atoms with Crippen molar-refractivity contribution >= 4 is 5.78 Å². The van der Waals surface area contributed by atoms with Crippen LogP contribution in [0.25, 0.3) is 0 Å². The highest BCUT2D eigenvalue weighted by atomic mass is 16.5. The monoisotopic (exact) mass is 163 g/mol. The number of aromatic nitrogens is 1. The first-order chi connectivity index (χ1) is 5.77.